The zero-order valence-corrected chi connectivity index (χ0v) is 14.2. The van der Waals surface area contributed by atoms with E-state index < -0.39 is 0 Å². The van der Waals surface area contributed by atoms with Crippen LogP contribution in [0.4, 0.5) is 5.69 Å². The van der Waals surface area contributed by atoms with E-state index in [0.29, 0.717) is 25.4 Å². The number of carbonyl (C=O) groups excluding carboxylic acids is 2. The first-order valence-electron chi connectivity index (χ1n) is 8.34. The summed E-state index contributed by atoms with van der Waals surface area (Å²) in [7, 11) is 0. The van der Waals surface area contributed by atoms with Crippen LogP contribution in [0.1, 0.15) is 24.1 Å². The van der Waals surface area contributed by atoms with Crippen LogP contribution in [-0.2, 0) is 16.1 Å². The molecule has 2 heterocycles. The molecule has 1 aliphatic rings. The average Bonchev–Trinajstić information content (AvgIpc) is 2.64. The van der Waals surface area contributed by atoms with Crippen molar-refractivity contribution < 1.29 is 14.3 Å². The lowest BCUT2D eigenvalue weighted by molar-refractivity contribution is -0.125. The number of benzene rings is 1. The fraction of sp³-hybridized carbons (Fsp3) is 0.316. The molecule has 3 rings (SSSR count). The van der Waals surface area contributed by atoms with Crippen LogP contribution in [-0.4, -0.2) is 29.9 Å². The largest absolute Gasteiger partial charge is 0.490 e. The van der Waals surface area contributed by atoms with Gasteiger partial charge < -0.3 is 15.0 Å². The number of nitrogens with one attached hydrogen (secondary N) is 1. The minimum absolute atomic E-state index is 0.0665. The standard InChI is InChI=1S/C19H21N3O3/c1-14-5-6-17-16(12-14)22(10-11-25-17)19(24)8-7-18(23)21-13-15-4-2-3-9-20-15/h2-6,9,12H,7-8,10-11,13H2,1H3,(H,21,23). The number of hydrogen-bond acceptors (Lipinski definition) is 4. The second kappa shape index (κ2) is 7.79. The number of anilines is 1. The van der Waals surface area contributed by atoms with Crippen LogP contribution in [0.25, 0.3) is 0 Å². The summed E-state index contributed by atoms with van der Waals surface area (Å²) in [5, 5.41) is 2.79. The zero-order valence-electron chi connectivity index (χ0n) is 14.2. The van der Waals surface area contributed by atoms with Gasteiger partial charge in [-0.15, -0.1) is 0 Å². The van der Waals surface area contributed by atoms with Crippen molar-refractivity contribution in [3.05, 3.63) is 53.9 Å². The minimum Gasteiger partial charge on any atom is -0.490 e. The number of hydrogen-bond donors (Lipinski definition) is 1. The maximum atomic E-state index is 12.5. The Kier molecular flexibility index (Phi) is 5.28. The molecule has 130 valence electrons. The summed E-state index contributed by atoms with van der Waals surface area (Å²) in [5.74, 6) is 0.490. The average molecular weight is 339 g/mol. The molecule has 0 aliphatic carbocycles. The molecular weight excluding hydrogens is 318 g/mol. The van der Waals surface area contributed by atoms with E-state index >= 15 is 0 Å². The second-order valence-electron chi connectivity index (χ2n) is 5.96. The quantitative estimate of drug-likeness (QED) is 0.907. The van der Waals surface area contributed by atoms with Crippen LogP contribution in [0.5, 0.6) is 5.75 Å². The van der Waals surface area contributed by atoms with Gasteiger partial charge >= 0.3 is 0 Å². The normalized spacial score (nSPS) is 12.9. The van der Waals surface area contributed by atoms with Gasteiger partial charge in [0, 0.05) is 19.0 Å². The lowest BCUT2D eigenvalue weighted by atomic mass is 10.1. The van der Waals surface area contributed by atoms with Crippen molar-refractivity contribution in [1.82, 2.24) is 10.3 Å². The highest BCUT2D eigenvalue weighted by Gasteiger charge is 2.24. The first-order valence-corrected chi connectivity index (χ1v) is 8.34. The predicted octanol–water partition coefficient (Wildman–Crippen LogP) is 2.21. The van der Waals surface area contributed by atoms with E-state index in [-0.39, 0.29) is 24.7 Å². The molecule has 0 unspecified atom stereocenters. The van der Waals surface area contributed by atoms with Gasteiger partial charge in [-0.25, -0.2) is 0 Å². The zero-order chi connectivity index (χ0) is 17.6. The SMILES string of the molecule is Cc1ccc2c(c1)N(C(=O)CCC(=O)NCc1ccccn1)CCO2. The highest BCUT2D eigenvalue weighted by molar-refractivity contribution is 5.97. The smallest absolute Gasteiger partial charge is 0.227 e. The van der Waals surface area contributed by atoms with Crippen molar-refractivity contribution in [2.24, 2.45) is 0 Å². The van der Waals surface area contributed by atoms with Crippen LogP contribution in [0, 0.1) is 6.92 Å². The Labute approximate surface area is 146 Å². The van der Waals surface area contributed by atoms with Crippen molar-refractivity contribution in [1.29, 1.82) is 0 Å². The summed E-state index contributed by atoms with van der Waals surface area (Å²) in [6, 6.07) is 11.3. The summed E-state index contributed by atoms with van der Waals surface area (Å²) < 4.78 is 5.59. The number of rotatable bonds is 5. The van der Waals surface area contributed by atoms with E-state index in [0.717, 1.165) is 16.9 Å². The Balaban J connectivity index is 1.53. The second-order valence-corrected chi connectivity index (χ2v) is 5.96. The van der Waals surface area contributed by atoms with Crippen LogP contribution in [0.2, 0.25) is 0 Å². The third-order valence-electron chi connectivity index (χ3n) is 4.04. The maximum absolute atomic E-state index is 12.5. The Morgan fingerprint density at radius 2 is 2.12 bits per heavy atom. The van der Waals surface area contributed by atoms with Gasteiger partial charge in [-0.2, -0.15) is 0 Å². The third-order valence-corrected chi connectivity index (χ3v) is 4.04. The number of nitrogens with zero attached hydrogens (tertiary/aromatic N) is 2. The Morgan fingerprint density at radius 3 is 2.92 bits per heavy atom. The predicted molar refractivity (Wildman–Crippen MR) is 94.3 cm³/mol. The fourth-order valence-electron chi connectivity index (χ4n) is 2.72. The summed E-state index contributed by atoms with van der Waals surface area (Å²) in [4.78, 5) is 30.4. The van der Waals surface area contributed by atoms with E-state index in [2.05, 4.69) is 10.3 Å². The molecule has 0 saturated heterocycles. The number of aryl methyl sites for hydroxylation is 1. The molecule has 6 nitrogen and oxygen atoms in total. The number of pyridine rings is 1. The van der Waals surface area contributed by atoms with Crippen molar-refractivity contribution in [3.63, 3.8) is 0 Å². The lowest BCUT2D eigenvalue weighted by Gasteiger charge is -2.29. The van der Waals surface area contributed by atoms with Gasteiger partial charge in [0.05, 0.1) is 24.5 Å². The summed E-state index contributed by atoms with van der Waals surface area (Å²) >= 11 is 0. The summed E-state index contributed by atoms with van der Waals surface area (Å²) in [6.07, 6.45) is 2.01. The number of carbonyl (C=O) groups is 2. The Bertz CT molecular complexity index is 762. The Morgan fingerprint density at radius 1 is 1.24 bits per heavy atom. The van der Waals surface area contributed by atoms with Gasteiger partial charge in [0.25, 0.3) is 0 Å². The molecule has 1 N–H and O–H groups in total. The van der Waals surface area contributed by atoms with Crippen molar-refractivity contribution in [3.8, 4) is 5.75 Å². The first-order chi connectivity index (χ1) is 12.1. The summed E-state index contributed by atoms with van der Waals surface area (Å²) in [5.41, 5.74) is 2.64. The molecule has 1 aromatic heterocycles. The number of ether oxygens (including phenoxy) is 1. The fourth-order valence-corrected chi connectivity index (χ4v) is 2.72. The molecule has 1 aromatic carbocycles. The van der Waals surface area contributed by atoms with Crippen molar-refractivity contribution in [2.75, 3.05) is 18.1 Å². The van der Waals surface area contributed by atoms with Gasteiger partial charge in [-0.1, -0.05) is 12.1 Å². The minimum atomic E-state index is -0.156. The third kappa shape index (κ3) is 4.35. The van der Waals surface area contributed by atoms with Gasteiger partial charge in [-0.3, -0.25) is 14.6 Å². The van der Waals surface area contributed by atoms with E-state index in [9.17, 15) is 9.59 Å². The highest BCUT2D eigenvalue weighted by atomic mass is 16.5. The number of fused-ring (bicyclic) bond motifs is 1. The monoisotopic (exact) mass is 339 g/mol. The molecular formula is C19H21N3O3. The number of amides is 2. The van der Waals surface area contributed by atoms with Gasteiger partial charge in [0.15, 0.2) is 0 Å². The van der Waals surface area contributed by atoms with Gasteiger partial charge in [-0.05, 0) is 36.8 Å². The van der Waals surface area contributed by atoms with Crippen molar-refractivity contribution in [2.45, 2.75) is 26.3 Å². The molecule has 2 amide bonds. The van der Waals surface area contributed by atoms with E-state index in [4.69, 9.17) is 4.74 Å². The molecule has 0 fully saturated rings. The van der Waals surface area contributed by atoms with Crippen LogP contribution in [0.15, 0.2) is 42.6 Å². The van der Waals surface area contributed by atoms with Crippen LogP contribution in [0.3, 0.4) is 0 Å². The van der Waals surface area contributed by atoms with Gasteiger partial charge in [0.1, 0.15) is 12.4 Å². The first kappa shape index (κ1) is 17.0. The molecule has 1 aliphatic heterocycles. The molecule has 0 atom stereocenters. The molecule has 6 heteroatoms. The van der Waals surface area contributed by atoms with E-state index in [1.165, 1.54) is 0 Å². The molecule has 2 aromatic rings. The molecule has 25 heavy (non-hydrogen) atoms. The van der Waals surface area contributed by atoms with Crippen LogP contribution < -0.4 is 15.0 Å². The molecule has 0 radical (unpaired) electrons. The highest BCUT2D eigenvalue weighted by Crippen LogP contribution is 2.32. The van der Waals surface area contributed by atoms with Gasteiger partial charge in [0.2, 0.25) is 11.8 Å². The maximum Gasteiger partial charge on any atom is 0.227 e. The van der Waals surface area contributed by atoms with Crippen LogP contribution >= 0.6 is 0 Å². The Hall–Kier alpha value is -2.89. The molecule has 0 spiro atoms. The lowest BCUT2D eigenvalue weighted by Crippen LogP contribution is -2.38. The summed E-state index contributed by atoms with van der Waals surface area (Å²) in [6.45, 7) is 3.31. The van der Waals surface area contributed by atoms with Crippen molar-refractivity contribution >= 4 is 17.5 Å². The molecule has 0 saturated carbocycles. The molecule has 0 bridgehead atoms. The number of aromatic nitrogens is 1. The van der Waals surface area contributed by atoms with E-state index in [1.807, 2.05) is 43.3 Å². The van der Waals surface area contributed by atoms with E-state index in [1.54, 1.807) is 11.1 Å². The topological polar surface area (TPSA) is 71.5 Å².